The smallest absolute Gasteiger partial charge is 0.320 e. The van der Waals surface area contributed by atoms with Gasteiger partial charge in [0.25, 0.3) is 5.56 Å². The van der Waals surface area contributed by atoms with Gasteiger partial charge in [-0.1, -0.05) is 18.2 Å². The third kappa shape index (κ3) is 3.72. The van der Waals surface area contributed by atoms with E-state index in [2.05, 4.69) is 15.7 Å². The molecule has 8 nitrogen and oxygen atoms in total. The zero-order valence-corrected chi connectivity index (χ0v) is 13.5. The van der Waals surface area contributed by atoms with Crippen molar-refractivity contribution in [3.63, 3.8) is 0 Å². The Labute approximate surface area is 143 Å². The lowest BCUT2D eigenvalue weighted by Crippen LogP contribution is -2.40. The van der Waals surface area contributed by atoms with Crippen LogP contribution in [0.5, 0.6) is 0 Å². The van der Waals surface area contributed by atoms with E-state index in [0.717, 1.165) is 10.1 Å². The first kappa shape index (κ1) is 17.9. The molecule has 1 aliphatic rings. The molecule has 3 rings (SSSR count). The third-order valence-electron chi connectivity index (χ3n) is 3.85. The number of hydrogen-bond acceptors (Lipinski definition) is 5. The van der Waals surface area contributed by atoms with Crippen LogP contribution < -0.4 is 16.2 Å². The molecule has 0 unspecified atom stereocenters. The minimum absolute atomic E-state index is 0. The zero-order chi connectivity index (χ0) is 16.4. The number of nitrogens with zero attached hydrogens (tertiary/aromatic N) is 2. The van der Waals surface area contributed by atoms with Crippen molar-refractivity contribution >= 4 is 35.1 Å². The number of halogens is 1. The van der Waals surface area contributed by atoms with Gasteiger partial charge in [-0.25, -0.2) is 4.68 Å². The number of carbonyl (C=O) groups is 2. The van der Waals surface area contributed by atoms with Gasteiger partial charge in [-0.05, 0) is 12.5 Å². The van der Waals surface area contributed by atoms with Crippen LogP contribution in [-0.2, 0) is 16.1 Å². The first-order valence-electron chi connectivity index (χ1n) is 7.25. The number of nitrogens with one attached hydrogen (secondary N) is 2. The summed E-state index contributed by atoms with van der Waals surface area (Å²) in [7, 11) is 0. The molecule has 3 N–H and O–H groups in total. The number of amides is 1. The number of benzene rings is 1. The van der Waals surface area contributed by atoms with Crippen LogP contribution in [0.3, 0.4) is 0 Å². The highest BCUT2D eigenvalue weighted by atomic mass is 35.5. The number of fused-ring (bicyclic) bond motifs is 1. The van der Waals surface area contributed by atoms with Crippen LogP contribution in [0.15, 0.2) is 35.3 Å². The molecule has 9 heteroatoms. The second-order valence-corrected chi connectivity index (χ2v) is 5.49. The van der Waals surface area contributed by atoms with E-state index in [4.69, 9.17) is 5.11 Å². The molecule has 1 aliphatic heterocycles. The average molecular weight is 353 g/mol. The van der Waals surface area contributed by atoms with Gasteiger partial charge in [0.15, 0.2) is 0 Å². The summed E-state index contributed by atoms with van der Waals surface area (Å²) in [5, 5.41) is 19.7. The van der Waals surface area contributed by atoms with Crippen LogP contribution in [0.1, 0.15) is 6.42 Å². The minimum Gasteiger partial charge on any atom is -0.480 e. The maximum atomic E-state index is 12.3. The predicted octanol–water partition coefficient (Wildman–Crippen LogP) is -0.250. The molecule has 1 aromatic heterocycles. The Bertz CT molecular complexity index is 822. The van der Waals surface area contributed by atoms with E-state index in [9.17, 15) is 14.4 Å². The Morgan fingerprint density at radius 2 is 2.12 bits per heavy atom. The van der Waals surface area contributed by atoms with E-state index in [1.807, 2.05) is 6.07 Å². The van der Waals surface area contributed by atoms with Crippen LogP contribution >= 0.6 is 12.4 Å². The Morgan fingerprint density at radius 1 is 1.38 bits per heavy atom. The van der Waals surface area contributed by atoms with E-state index in [-0.39, 0.29) is 36.5 Å². The molecule has 0 spiro atoms. The molecule has 0 saturated carbocycles. The van der Waals surface area contributed by atoms with Crippen LogP contribution in [0.2, 0.25) is 0 Å². The summed E-state index contributed by atoms with van der Waals surface area (Å²) in [6.07, 6.45) is 1.86. The van der Waals surface area contributed by atoms with Gasteiger partial charge < -0.3 is 15.7 Å². The normalized spacial score (nSPS) is 19.7. The second-order valence-electron chi connectivity index (χ2n) is 5.49. The van der Waals surface area contributed by atoms with Crippen molar-refractivity contribution in [1.82, 2.24) is 20.4 Å². The molecule has 2 atom stereocenters. The number of aromatic nitrogens is 2. The third-order valence-corrected chi connectivity index (χ3v) is 3.85. The Hall–Kier alpha value is -2.45. The van der Waals surface area contributed by atoms with Crippen LogP contribution in [-0.4, -0.2) is 45.4 Å². The largest absolute Gasteiger partial charge is 0.480 e. The van der Waals surface area contributed by atoms with Crippen molar-refractivity contribution in [2.24, 2.45) is 0 Å². The maximum absolute atomic E-state index is 12.3. The van der Waals surface area contributed by atoms with Crippen LogP contribution in [0, 0.1) is 0 Å². The molecular formula is C15H17ClN4O4. The molecule has 1 amide bonds. The van der Waals surface area contributed by atoms with Gasteiger partial charge >= 0.3 is 5.97 Å². The van der Waals surface area contributed by atoms with Crippen molar-refractivity contribution in [2.75, 3.05) is 6.54 Å². The highest BCUT2D eigenvalue weighted by Gasteiger charge is 2.30. The maximum Gasteiger partial charge on any atom is 0.320 e. The highest BCUT2D eigenvalue weighted by Crippen LogP contribution is 2.08. The molecule has 128 valence electrons. The van der Waals surface area contributed by atoms with Gasteiger partial charge in [0, 0.05) is 18.0 Å². The molecule has 1 aromatic carbocycles. The van der Waals surface area contributed by atoms with Crippen molar-refractivity contribution in [2.45, 2.75) is 25.0 Å². The molecule has 0 radical (unpaired) electrons. The van der Waals surface area contributed by atoms with E-state index in [1.165, 1.54) is 0 Å². The van der Waals surface area contributed by atoms with E-state index >= 15 is 0 Å². The lowest BCUT2D eigenvalue weighted by atomic mass is 10.2. The summed E-state index contributed by atoms with van der Waals surface area (Å²) in [4.78, 5) is 35.2. The summed E-state index contributed by atoms with van der Waals surface area (Å²) in [5.41, 5.74) is -0.328. The number of rotatable bonds is 4. The Balaban J connectivity index is 0.00000208. The van der Waals surface area contributed by atoms with Crippen LogP contribution in [0.4, 0.5) is 0 Å². The molecule has 1 fully saturated rings. The second kappa shape index (κ2) is 7.41. The van der Waals surface area contributed by atoms with E-state index in [1.54, 1.807) is 24.4 Å². The number of carbonyl (C=O) groups excluding carboxylic acids is 1. The Kier molecular flexibility index (Phi) is 5.53. The van der Waals surface area contributed by atoms with E-state index in [0.29, 0.717) is 18.4 Å². The van der Waals surface area contributed by atoms with Crippen molar-refractivity contribution in [1.29, 1.82) is 0 Å². The SMILES string of the molecule is Cl.O=C(Cn1ncc2ccccc2c1=O)N[C@@H]1CN[C@H](C(=O)O)C1. The first-order chi connectivity index (χ1) is 11.0. The quantitative estimate of drug-likeness (QED) is 0.699. The monoisotopic (exact) mass is 352 g/mol. The van der Waals surface area contributed by atoms with Gasteiger partial charge in [0.05, 0.1) is 11.6 Å². The van der Waals surface area contributed by atoms with Crippen molar-refractivity contribution in [3.05, 3.63) is 40.8 Å². The molecule has 2 aromatic rings. The number of carboxylic acid groups (broad SMARTS) is 1. The Morgan fingerprint density at radius 3 is 2.83 bits per heavy atom. The average Bonchev–Trinajstić information content (AvgIpc) is 2.99. The zero-order valence-electron chi connectivity index (χ0n) is 12.6. The minimum atomic E-state index is -0.936. The molecular weight excluding hydrogens is 336 g/mol. The topological polar surface area (TPSA) is 113 Å². The molecule has 2 heterocycles. The number of aliphatic carboxylic acids is 1. The van der Waals surface area contributed by atoms with Gasteiger partial charge in [-0.3, -0.25) is 14.4 Å². The lowest BCUT2D eigenvalue weighted by molar-refractivity contribution is -0.139. The standard InChI is InChI=1S/C15H16N4O4.ClH/c20-13(18-10-5-12(15(22)23)16-7-10)8-19-14(21)11-4-2-1-3-9(11)6-17-19;/h1-4,6,10,12,16H,5,7-8H2,(H,18,20)(H,22,23);1H/t10-,12-;/m0./s1. The number of carboxylic acids is 1. The van der Waals surface area contributed by atoms with Crippen molar-refractivity contribution in [3.8, 4) is 0 Å². The first-order valence-corrected chi connectivity index (χ1v) is 7.25. The van der Waals surface area contributed by atoms with Gasteiger partial charge in [0.2, 0.25) is 5.91 Å². The number of hydrogen-bond donors (Lipinski definition) is 3. The molecule has 1 saturated heterocycles. The summed E-state index contributed by atoms with van der Waals surface area (Å²) in [6.45, 7) is 0.195. The van der Waals surface area contributed by atoms with Gasteiger partial charge in [0.1, 0.15) is 12.6 Å². The molecule has 24 heavy (non-hydrogen) atoms. The highest BCUT2D eigenvalue weighted by molar-refractivity contribution is 5.85. The fraction of sp³-hybridized carbons (Fsp3) is 0.333. The van der Waals surface area contributed by atoms with Gasteiger partial charge in [-0.15, -0.1) is 12.4 Å². The summed E-state index contributed by atoms with van der Waals surface area (Å²) in [5.74, 6) is -1.30. The van der Waals surface area contributed by atoms with Gasteiger partial charge in [-0.2, -0.15) is 5.10 Å². The fourth-order valence-electron chi connectivity index (χ4n) is 2.68. The summed E-state index contributed by atoms with van der Waals surface area (Å²) in [6, 6.07) is 6.12. The predicted molar refractivity (Wildman–Crippen MR) is 89.2 cm³/mol. The van der Waals surface area contributed by atoms with Crippen LogP contribution in [0.25, 0.3) is 10.8 Å². The summed E-state index contributed by atoms with van der Waals surface area (Å²) < 4.78 is 1.11. The van der Waals surface area contributed by atoms with E-state index < -0.39 is 12.0 Å². The summed E-state index contributed by atoms with van der Waals surface area (Å²) >= 11 is 0. The molecule has 0 bridgehead atoms. The fourth-order valence-corrected chi connectivity index (χ4v) is 2.68. The lowest BCUT2D eigenvalue weighted by Gasteiger charge is -2.12. The molecule has 0 aliphatic carbocycles. The van der Waals surface area contributed by atoms with Crippen molar-refractivity contribution < 1.29 is 14.7 Å².